The summed E-state index contributed by atoms with van der Waals surface area (Å²) in [5.41, 5.74) is 0.407. The van der Waals surface area contributed by atoms with Crippen LogP contribution >= 0.6 is 11.6 Å². The Labute approximate surface area is 79.6 Å². The molecule has 0 rings (SSSR count). The maximum atomic E-state index is 9.73. The first kappa shape index (κ1) is 11.9. The lowest BCUT2D eigenvalue weighted by atomic mass is 9.86. The third kappa shape index (κ3) is 3.57. The SMILES string of the molecule is CC(C)(O)C(C)(C)NC/C=C/Cl. The lowest BCUT2D eigenvalue weighted by Crippen LogP contribution is -2.55. The van der Waals surface area contributed by atoms with Crippen LogP contribution < -0.4 is 5.32 Å². The van der Waals surface area contributed by atoms with Gasteiger partial charge in [0.05, 0.1) is 5.60 Å². The van der Waals surface area contributed by atoms with E-state index in [9.17, 15) is 5.11 Å². The molecule has 0 aromatic rings. The Morgan fingerprint density at radius 3 is 2.17 bits per heavy atom. The van der Waals surface area contributed by atoms with Crippen LogP contribution in [-0.4, -0.2) is 22.8 Å². The van der Waals surface area contributed by atoms with Crippen LogP contribution in [0.4, 0.5) is 0 Å². The molecule has 0 saturated heterocycles. The fraction of sp³-hybridized carbons (Fsp3) is 0.778. The quantitative estimate of drug-likeness (QED) is 0.712. The predicted octanol–water partition coefficient (Wildman–Crippen LogP) is 1.88. The summed E-state index contributed by atoms with van der Waals surface area (Å²) in [5.74, 6) is 0. The molecule has 72 valence electrons. The first-order valence-corrected chi connectivity index (χ1v) is 4.47. The van der Waals surface area contributed by atoms with Crippen LogP contribution in [-0.2, 0) is 0 Å². The van der Waals surface area contributed by atoms with Crippen molar-refractivity contribution in [2.24, 2.45) is 0 Å². The summed E-state index contributed by atoms with van der Waals surface area (Å²) in [7, 11) is 0. The maximum absolute atomic E-state index is 9.73. The highest BCUT2D eigenvalue weighted by atomic mass is 35.5. The van der Waals surface area contributed by atoms with Gasteiger partial charge in [0.25, 0.3) is 0 Å². The van der Waals surface area contributed by atoms with Gasteiger partial charge in [-0.1, -0.05) is 17.7 Å². The molecule has 0 saturated carbocycles. The lowest BCUT2D eigenvalue weighted by Gasteiger charge is -2.37. The van der Waals surface area contributed by atoms with Gasteiger partial charge in [0.1, 0.15) is 0 Å². The predicted molar refractivity (Wildman–Crippen MR) is 53.4 cm³/mol. The molecule has 0 aliphatic carbocycles. The van der Waals surface area contributed by atoms with Crippen LogP contribution in [0.5, 0.6) is 0 Å². The topological polar surface area (TPSA) is 32.3 Å². The van der Waals surface area contributed by atoms with E-state index in [-0.39, 0.29) is 5.54 Å². The van der Waals surface area contributed by atoms with Crippen LogP contribution in [0.15, 0.2) is 11.6 Å². The van der Waals surface area contributed by atoms with Crippen molar-refractivity contribution in [2.75, 3.05) is 6.54 Å². The zero-order valence-corrected chi connectivity index (χ0v) is 8.94. The monoisotopic (exact) mass is 191 g/mol. The highest BCUT2D eigenvalue weighted by Crippen LogP contribution is 2.19. The van der Waals surface area contributed by atoms with Crippen molar-refractivity contribution >= 4 is 11.6 Å². The van der Waals surface area contributed by atoms with Crippen molar-refractivity contribution in [3.63, 3.8) is 0 Å². The van der Waals surface area contributed by atoms with Crippen LogP contribution in [0, 0.1) is 0 Å². The van der Waals surface area contributed by atoms with E-state index in [0.717, 1.165) is 0 Å². The fourth-order valence-electron chi connectivity index (χ4n) is 0.575. The molecular formula is C9H18ClNO. The van der Waals surface area contributed by atoms with Gasteiger partial charge in [-0.25, -0.2) is 0 Å². The van der Waals surface area contributed by atoms with Gasteiger partial charge in [-0.3, -0.25) is 0 Å². The standard InChI is InChI=1S/C9H18ClNO/c1-8(2,9(3,4)12)11-7-5-6-10/h5-6,11-12H,7H2,1-4H3/b6-5+. The maximum Gasteiger partial charge on any atom is 0.0767 e. The van der Waals surface area contributed by atoms with E-state index in [2.05, 4.69) is 5.32 Å². The number of rotatable bonds is 4. The Balaban J connectivity index is 4.05. The van der Waals surface area contributed by atoms with Gasteiger partial charge in [0.2, 0.25) is 0 Å². The molecule has 0 aromatic heterocycles. The van der Waals surface area contributed by atoms with E-state index < -0.39 is 5.60 Å². The molecule has 3 heteroatoms. The number of halogens is 1. The number of hydrogen-bond donors (Lipinski definition) is 2. The fourth-order valence-corrected chi connectivity index (χ4v) is 0.664. The highest BCUT2D eigenvalue weighted by Gasteiger charge is 2.33. The molecule has 0 aliphatic rings. The molecule has 0 unspecified atom stereocenters. The van der Waals surface area contributed by atoms with Gasteiger partial charge in [0, 0.05) is 17.6 Å². The number of aliphatic hydroxyl groups is 1. The van der Waals surface area contributed by atoms with Crippen LogP contribution in [0.3, 0.4) is 0 Å². The molecule has 0 amide bonds. The minimum absolute atomic E-state index is 0.316. The third-order valence-electron chi connectivity index (χ3n) is 2.28. The second-order valence-electron chi connectivity index (χ2n) is 3.93. The molecular weight excluding hydrogens is 174 g/mol. The van der Waals surface area contributed by atoms with Crippen molar-refractivity contribution < 1.29 is 5.11 Å². The molecule has 0 bridgehead atoms. The van der Waals surface area contributed by atoms with Gasteiger partial charge in [-0.2, -0.15) is 0 Å². The molecule has 0 heterocycles. The first-order valence-electron chi connectivity index (χ1n) is 4.04. The van der Waals surface area contributed by atoms with E-state index in [0.29, 0.717) is 6.54 Å². The highest BCUT2D eigenvalue weighted by molar-refractivity contribution is 6.25. The molecule has 0 aromatic carbocycles. The summed E-state index contributed by atoms with van der Waals surface area (Å²) in [6.07, 6.45) is 1.80. The second kappa shape index (κ2) is 4.26. The largest absolute Gasteiger partial charge is 0.389 e. The van der Waals surface area contributed by atoms with Crippen molar-refractivity contribution in [2.45, 2.75) is 38.8 Å². The average Bonchev–Trinajstić information content (AvgIpc) is 1.85. The summed E-state index contributed by atoms with van der Waals surface area (Å²) in [6.45, 7) is 8.14. The van der Waals surface area contributed by atoms with Crippen molar-refractivity contribution in [3.05, 3.63) is 11.6 Å². The molecule has 0 radical (unpaired) electrons. The van der Waals surface area contributed by atoms with Crippen molar-refractivity contribution in [1.29, 1.82) is 0 Å². The Kier molecular flexibility index (Phi) is 4.24. The Bertz CT molecular complexity index is 158. The molecule has 0 spiro atoms. The number of nitrogens with one attached hydrogen (secondary N) is 1. The molecule has 12 heavy (non-hydrogen) atoms. The van der Waals surface area contributed by atoms with Gasteiger partial charge in [-0.05, 0) is 27.7 Å². The minimum Gasteiger partial charge on any atom is -0.389 e. The van der Waals surface area contributed by atoms with Crippen molar-refractivity contribution in [3.8, 4) is 0 Å². The summed E-state index contributed by atoms with van der Waals surface area (Å²) >= 11 is 5.36. The van der Waals surface area contributed by atoms with E-state index >= 15 is 0 Å². The van der Waals surface area contributed by atoms with Crippen molar-refractivity contribution in [1.82, 2.24) is 5.32 Å². The molecule has 0 atom stereocenters. The number of hydrogen-bond acceptors (Lipinski definition) is 2. The average molecular weight is 192 g/mol. The normalized spacial score (nSPS) is 14.2. The molecule has 2 N–H and O–H groups in total. The minimum atomic E-state index is -0.743. The zero-order valence-electron chi connectivity index (χ0n) is 8.19. The summed E-state index contributed by atoms with van der Waals surface area (Å²) in [4.78, 5) is 0. The lowest BCUT2D eigenvalue weighted by molar-refractivity contribution is -0.00272. The van der Waals surface area contributed by atoms with Gasteiger partial charge >= 0.3 is 0 Å². The molecule has 2 nitrogen and oxygen atoms in total. The van der Waals surface area contributed by atoms with E-state index in [4.69, 9.17) is 11.6 Å². The smallest absolute Gasteiger partial charge is 0.0767 e. The molecule has 0 fully saturated rings. The molecule has 0 aliphatic heterocycles. The van der Waals surface area contributed by atoms with E-state index in [1.807, 2.05) is 13.8 Å². The zero-order chi connectivity index (χ0) is 9.83. The van der Waals surface area contributed by atoms with Crippen LogP contribution in [0.1, 0.15) is 27.7 Å². The van der Waals surface area contributed by atoms with Gasteiger partial charge in [0.15, 0.2) is 0 Å². The van der Waals surface area contributed by atoms with E-state index in [1.54, 1.807) is 19.9 Å². The summed E-state index contributed by atoms with van der Waals surface area (Å²) in [6, 6.07) is 0. The second-order valence-corrected chi connectivity index (χ2v) is 4.18. The Morgan fingerprint density at radius 2 is 1.83 bits per heavy atom. The summed E-state index contributed by atoms with van der Waals surface area (Å²) < 4.78 is 0. The van der Waals surface area contributed by atoms with Crippen LogP contribution in [0.2, 0.25) is 0 Å². The Morgan fingerprint density at radius 1 is 1.33 bits per heavy atom. The first-order chi connectivity index (χ1) is 5.31. The summed E-state index contributed by atoms with van der Waals surface area (Å²) in [5, 5.41) is 12.9. The van der Waals surface area contributed by atoms with Gasteiger partial charge < -0.3 is 10.4 Å². The Hall–Kier alpha value is -0.0500. The van der Waals surface area contributed by atoms with E-state index in [1.165, 1.54) is 5.54 Å². The van der Waals surface area contributed by atoms with Gasteiger partial charge in [-0.15, -0.1) is 0 Å². The van der Waals surface area contributed by atoms with Crippen LogP contribution in [0.25, 0.3) is 0 Å². The third-order valence-corrected chi connectivity index (χ3v) is 2.46.